The van der Waals surface area contributed by atoms with E-state index in [1.807, 2.05) is 11.0 Å². The van der Waals surface area contributed by atoms with Gasteiger partial charge in [0.05, 0.1) is 0 Å². The Hall–Kier alpha value is -0.790. The second-order valence-electron chi connectivity index (χ2n) is 0.381. The van der Waals surface area contributed by atoms with E-state index in [2.05, 4.69) is 5.84 Å². The van der Waals surface area contributed by atoms with E-state index < -0.39 is 0 Å². The summed E-state index contributed by atoms with van der Waals surface area (Å²) in [5, 5.41) is 7.56. The number of hydrazine groups is 2. The van der Waals surface area contributed by atoms with Gasteiger partial charge in [0.25, 0.3) is 0 Å². The summed E-state index contributed by atoms with van der Waals surface area (Å²) in [6.45, 7) is 0. The van der Waals surface area contributed by atoms with Crippen molar-refractivity contribution in [3.05, 3.63) is 0 Å². The van der Waals surface area contributed by atoms with E-state index in [4.69, 9.17) is 5.26 Å². The van der Waals surface area contributed by atoms with Crippen molar-refractivity contribution in [2.24, 2.45) is 5.84 Å². The average molecular weight is 72.1 g/mol. The summed E-state index contributed by atoms with van der Waals surface area (Å²) < 4.78 is 0. The molecule has 0 aliphatic heterocycles. The quantitative estimate of drug-likeness (QED) is 0.151. The first kappa shape index (κ1) is 4.21. The molecule has 0 saturated heterocycles. The molecule has 0 radical (unpaired) electrons. The summed E-state index contributed by atoms with van der Waals surface area (Å²) in [6.07, 6.45) is 1.53. The Labute approximate surface area is 29.5 Å². The lowest BCUT2D eigenvalue weighted by molar-refractivity contribution is 0.676. The molecular weight excluding hydrogens is 68.0 g/mol. The molecule has 4 heteroatoms. The van der Waals surface area contributed by atoms with Crippen molar-refractivity contribution in [3.63, 3.8) is 0 Å². The Kier molecular flexibility index (Phi) is 2.70. The molecule has 0 bridgehead atoms. The molecule has 0 heterocycles. The van der Waals surface area contributed by atoms with Gasteiger partial charge in [-0.2, -0.15) is 10.8 Å². The molecule has 0 aliphatic carbocycles. The zero-order valence-corrected chi connectivity index (χ0v) is 2.52. The molecule has 4 nitrogen and oxygen atoms in total. The zero-order valence-electron chi connectivity index (χ0n) is 2.52. The topological polar surface area (TPSA) is 73.9 Å². The van der Waals surface area contributed by atoms with Crippen LogP contribution < -0.4 is 16.8 Å². The summed E-state index contributed by atoms with van der Waals surface area (Å²) >= 11 is 0. The van der Waals surface area contributed by atoms with Gasteiger partial charge in [-0.15, -0.1) is 0 Å². The molecule has 0 aromatic rings. The first-order valence-electron chi connectivity index (χ1n) is 1.01. The van der Waals surface area contributed by atoms with Crippen molar-refractivity contribution < 1.29 is 0 Å². The molecule has 0 atom stereocenters. The van der Waals surface area contributed by atoms with E-state index in [1.165, 1.54) is 6.19 Å². The van der Waals surface area contributed by atoms with Crippen LogP contribution in [0.4, 0.5) is 0 Å². The predicted molar refractivity (Wildman–Crippen MR) is 16.1 cm³/mol. The van der Waals surface area contributed by atoms with Crippen LogP contribution in [-0.4, -0.2) is 0 Å². The smallest absolute Gasteiger partial charge is 0.193 e. The molecule has 0 saturated carbocycles. The third kappa shape index (κ3) is 3.21. The highest BCUT2D eigenvalue weighted by molar-refractivity contribution is 4.55. The van der Waals surface area contributed by atoms with E-state index in [0.717, 1.165) is 0 Å². The number of hydrogen-bond acceptors (Lipinski definition) is 4. The second-order valence-corrected chi connectivity index (χ2v) is 0.381. The van der Waals surface area contributed by atoms with Crippen molar-refractivity contribution >= 4 is 0 Å². The van der Waals surface area contributed by atoms with Gasteiger partial charge in [0, 0.05) is 0 Å². The maximum Gasteiger partial charge on any atom is 0.193 e. The normalized spacial score (nSPS) is 5.60. The number of nitrogens with two attached hydrogens (primary N) is 1. The molecule has 0 aromatic heterocycles. The van der Waals surface area contributed by atoms with E-state index in [9.17, 15) is 0 Å². The van der Waals surface area contributed by atoms with Crippen LogP contribution in [0.15, 0.2) is 0 Å². The highest BCUT2D eigenvalue weighted by atomic mass is 15.5. The Morgan fingerprint density at radius 1 is 1.80 bits per heavy atom. The summed E-state index contributed by atoms with van der Waals surface area (Å²) in [5.41, 5.74) is 3.85. The maximum atomic E-state index is 7.56. The van der Waals surface area contributed by atoms with Gasteiger partial charge in [-0.3, -0.25) is 5.84 Å². The SMILES string of the molecule is N#CNNN. The lowest BCUT2D eigenvalue weighted by Gasteiger charge is -1.81. The number of nitrogens with one attached hydrogen (secondary N) is 2. The minimum absolute atomic E-state index is 1.53. The Balaban J connectivity index is 2.48. The van der Waals surface area contributed by atoms with Gasteiger partial charge in [-0.1, -0.05) is 0 Å². The monoisotopic (exact) mass is 72.0 g/mol. The van der Waals surface area contributed by atoms with Crippen LogP contribution in [0.2, 0.25) is 0 Å². The van der Waals surface area contributed by atoms with E-state index in [1.54, 1.807) is 0 Å². The maximum absolute atomic E-state index is 7.56. The highest BCUT2D eigenvalue weighted by Crippen LogP contribution is 1.16. The van der Waals surface area contributed by atoms with Crippen LogP contribution in [0.1, 0.15) is 0 Å². The average Bonchev–Trinajstić information content (AvgIpc) is 1.41. The molecule has 5 heavy (non-hydrogen) atoms. The number of nitriles is 1. The Bertz CT molecular complexity index is 42.1. The molecular formula is CH4N4. The number of nitrogens with zero attached hydrogens (tertiary/aromatic N) is 1. The van der Waals surface area contributed by atoms with Crippen molar-refractivity contribution in [1.29, 1.82) is 5.26 Å². The standard InChI is InChI=1S/CH4N4/c2-1-4-5-3/h4-5H,3H2. The minimum Gasteiger partial charge on any atom is -0.253 e. The lowest BCUT2D eigenvalue weighted by atomic mass is 11.4. The van der Waals surface area contributed by atoms with E-state index >= 15 is 0 Å². The molecule has 0 aromatic carbocycles. The van der Waals surface area contributed by atoms with Gasteiger partial charge in [-0.05, 0) is 0 Å². The van der Waals surface area contributed by atoms with Crippen molar-refractivity contribution in [3.8, 4) is 6.19 Å². The highest BCUT2D eigenvalue weighted by Gasteiger charge is 1.53. The molecule has 0 fully saturated rings. The summed E-state index contributed by atoms with van der Waals surface area (Å²) in [6, 6.07) is 0. The van der Waals surface area contributed by atoms with E-state index in [-0.39, 0.29) is 0 Å². The van der Waals surface area contributed by atoms with Gasteiger partial charge in [-0.25, -0.2) is 5.43 Å². The van der Waals surface area contributed by atoms with Crippen molar-refractivity contribution in [2.75, 3.05) is 0 Å². The van der Waals surface area contributed by atoms with Gasteiger partial charge in [0.2, 0.25) is 0 Å². The molecule has 0 unspecified atom stereocenters. The predicted octanol–water partition coefficient (Wildman–Crippen LogP) is -1.56. The third-order valence-electron chi connectivity index (χ3n) is 0.128. The fourth-order valence-electron chi connectivity index (χ4n) is 0.0323. The van der Waals surface area contributed by atoms with Crippen molar-refractivity contribution in [2.45, 2.75) is 0 Å². The summed E-state index contributed by atoms with van der Waals surface area (Å²) in [5.74, 6) is 4.56. The van der Waals surface area contributed by atoms with Crippen LogP contribution in [-0.2, 0) is 0 Å². The largest absolute Gasteiger partial charge is 0.253 e. The van der Waals surface area contributed by atoms with Crippen molar-refractivity contribution in [1.82, 2.24) is 11.0 Å². The van der Waals surface area contributed by atoms with Gasteiger partial charge >= 0.3 is 0 Å². The fourth-order valence-corrected chi connectivity index (χ4v) is 0.0323. The van der Waals surface area contributed by atoms with Crippen LogP contribution >= 0.6 is 0 Å². The molecule has 0 spiro atoms. The first-order chi connectivity index (χ1) is 2.41. The van der Waals surface area contributed by atoms with Gasteiger partial charge in [0.15, 0.2) is 6.19 Å². The zero-order chi connectivity index (χ0) is 4.12. The molecule has 4 N–H and O–H groups in total. The fraction of sp³-hybridized carbons (Fsp3) is 0. The first-order valence-corrected chi connectivity index (χ1v) is 1.01. The molecule has 28 valence electrons. The van der Waals surface area contributed by atoms with Crippen LogP contribution in [0.25, 0.3) is 0 Å². The molecule has 0 amide bonds. The van der Waals surface area contributed by atoms with E-state index in [0.29, 0.717) is 0 Å². The molecule has 0 aliphatic rings. The van der Waals surface area contributed by atoms with Gasteiger partial charge in [0.1, 0.15) is 0 Å². The molecule has 0 rings (SSSR count). The minimum atomic E-state index is 1.53. The van der Waals surface area contributed by atoms with Gasteiger partial charge < -0.3 is 0 Å². The number of rotatable bonds is 1. The third-order valence-corrected chi connectivity index (χ3v) is 0.128. The number of hydrogen-bond donors (Lipinski definition) is 3. The van der Waals surface area contributed by atoms with Crippen LogP contribution in [0.3, 0.4) is 0 Å². The lowest BCUT2D eigenvalue weighted by Crippen LogP contribution is -2.33. The second kappa shape index (κ2) is 3.21. The summed E-state index contributed by atoms with van der Waals surface area (Å²) in [4.78, 5) is 0. The summed E-state index contributed by atoms with van der Waals surface area (Å²) in [7, 11) is 0. The Morgan fingerprint density at radius 2 is 2.40 bits per heavy atom. The van der Waals surface area contributed by atoms with Crippen LogP contribution in [0, 0.1) is 11.5 Å². The Morgan fingerprint density at radius 3 is 2.40 bits per heavy atom. The van der Waals surface area contributed by atoms with Crippen LogP contribution in [0.5, 0.6) is 0 Å².